The number of rotatable bonds is 2. The van der Waals surface area contributed by atoms with Gasteiger partial charge in [-0.25, -0.2) is 4.39 Å². The summed E-state index contributed by atoms with van der Waals surface area (Å²) in [6, 6.07) is 5.09. The molecule has 0 heterocycles. The van der Waals surface area contributed by atoms with Crippen LogP contribution < -0.4 is 5.73 Å². The van der Waals surface area contributed by atoms with Crippen LogP contribution in [-0.4, -0.2) is 16.1 Å². The number of amidine groups is 1. The molecule has 0 fully saturated rings. The molecule has 1 aromatic carbocycles. The van der Waals surface area contributed by atoms with E-state index in [1.165, 1.54) is 24.3 Å². The van der Waals surface area contributed by atoms with Crippen LogP contribution in [0.2, 0.25) is 0 Å². The Kier molecular flexibility index (Phi) is 2.81. The summed E-state index contributed by atoms with van der Waals surface area (Å²) in [4.78, 5) is 0. The molecule has 4 N–H and O–H groups in total. The minimum absolute atomic E-state index is 0.327. The summed E-state index contributed by atoms with van der Waals surface area (Å²) in [5, 5.41) is 20.2. The van der Waals surface area contributed by atoms with Crippen molar-refractivity contribution in [3.05, 3.63) is 35.6 Å². The normalized spacial score (nSPS) is 14.2. The highest BCUT2D eigenvalue weighted by Crippen LogP contribution is 2.12. The molecule has 0 aliphatic heterocycles. The van der Waals surface area contributed by atoms with E-state index in [4.69, 9.17) is 10.9 Å². The molecule has 0 aliphatic rings. The molecule has 0 aromatic heterocycles. The Morgan fingerprint density at radius 1 is 1.38 bits per heavy atom. The van der Waals surface area contributed by atoms with Crippen molar-refractivity contribution in [2.75, 3.05) is 0 Å². The van der Waals surface area contributed by atoms with Crippen molar-refractivity contribution in [3.63, 3.8) is 0 Å². The first-order valence-corrected chi connectivity index (χ1v) is 3.56. The number of aliphatic hydroxyl groups is 1. The first-order valence-electron chi connectivity index (χ1n) is 3.56. The summed E-state index contributed by atoms with van der Waals surface area (Å²) >= 11 is 0. The fraction of sp³-hybridized carbons (Fsp3) is 0.125. The summed E-state index contributed by atoms with van der Waals surface area (Å²) < 4.78 is 12.4. The van der Waals surface area contributed by atoms with Crippen molar-refractivity contribution in [1.29, 1.82) is 0 Å². The van der Waals surface area contributed by atoms with E-state index in [1.807, 2.05) is 0 Å². The second-order valence-corrected chi connectivity index (χ2v) is 2.48. The van der Waals surface area contributed by atoms with Gasteiger partial charge in [-0.3, -0.25) is 0 Å². The largest absolute Gasteiger partial charge is 0.409 e. The van der Waals surface area contributed by atoms with Crippen LogP contribution in [-0.2, 0) is 0 Å². The van der Waals surface area contributed by atoms with E-state index in [0.717, 1.165) is 0 Å². The summed E-state index contributed by atoms with van der Waals surface area (Å²) in [5.74, 6) is -0.734. The minimum atomic E-state index is -1.20. The highest BCUT2D eigenvalue weighted by Gasteiger charge is 2.11. The molecule has 1 aromatic rings. The molecule has 0 saturated heterocycles. The van der Waals surface area contributed by atoms with Gasteiger partial charge in [-0.1, -0.05) is 17.3 Å². The third kappa shape index (κ3) is 2.16. The van der Waals surface area contributed by atoms with Gasteiger partial charge >= 0.3 is 0 Å². The fourth-order valence-electron chi connectivity index (χ4n) is 0.871. The Balaban J connectivity index is 2.89. The molecule has 70 valence electrons. The third-order valence-electron chi connectivity index (χ3n) is 1.58. The standard InChI is InChI=1S/C8H9FN2O2/c9-6-3-1-5(2-4-6)7(12)8(10)11-13/h1-4,7,12-13H,(H2,10,11)/t7-/m0/s1. The first-order chi connectivity index (χ1) is 6.15. The number of oxime groups is 1. The maximum Gasteiger partial charge on any atom is 0.172 e. The molecule has 1 atom stereocenters. The van der Waals surface area contributed by atoms with E-state index < -0.39 is 11.9 Å². The molecule has 0 aliphatic carbocycles. The molecule has 0 unspecified atom stereocenters. The van der Waals surface area contributed by atoms with Crippen LogP contribution in [0.4, 0.5) is 4.39 Å². The number of nitrogens with two attached hydrogens (primary N) is 1. The molecule has 1 rings (SSSR count). The molecule has 0 spiro atoms. The number of hydrogen-bond acceptors (Lipinski definition) is 3. The van der Waals surface area contributed by atoms with Crippen LogP contribution in [0, 0.1) is 5.82 Å². The van der Waals surface area contributed by atoms with Gasteiger partial charge in [0, 0.05) is 0 Å². The Labute approximate surface area is 74.1 Å². The Hall–Kier alpha value is -1.62. The van der Waals surface area contributed by atoms with E-state index in [2.05, 4.69) is 5.16 Å². The zero-order valence-electron chi connectivity index (χ0n) is 6.68. The van der Waals surface area contributed by atoms with Gasteiger partial charge in [0.15, 0.2) is 5.84 Å². The van der Waals surface area contributed by atoms with Crippen LogP contribution in [0.5, 0.6) is 0 Å². The summed E-state index contributed by atoms with van der Waals surface area (Å²) in [5.41, 5.74) is 5.51. The molecular formula is C8H9FN2O2. The fourth-order valence-corrected chi connectivity index (χ4v) is 0.871. The smallest absolute Gasteiger partial charge is 0.172 e. The number of aliphatic hydroxyl groups excluding tert-OH is 1. The van der Waals surface area contributed by atoms with Crippen molar-refractivity contribution in [3.8, 4) is 0 Å². The molecule has 4 nitrogen and oxygen atoms in total. The van der Waals surface area contributed by atoms with Crippen LogP contribution in [0.1, 0.15) is 11.7 Å². The lowest BCUT2D eigenvalue weighted by atomic mass is 10.1. The van der Waals surface area contributed by atoms with Gasteiger partial charge in [0.05, 0.1) is 0 Å². The maximum atomic E-state index is 12.4. The average molecular weight is 184 g/mol. The van der Waals surface area contributed by atoms with Gasteiger partial charge < -0.3 is 16.0 Å². The van der Waals surface area contributed by atoms with Crippen LogP contribution in [0.15, 0.2) is 29.4 Å². The molecule has 0 bridgehead atoms. The average Bonchev–Trinajstić information content (AvgIpc) is 2.17. The van der Waals surface area contributed by atoms with Crippen LogP contribution >= 0.6 is 0 Å². The van der Waals surface area contributed by atoms with E-state index in [-0.39, 0.29) is 5.84 Å². The first kappa shape index (κ1) is 9.47. The van der Waals surface area contributed by atoms with Crippen LogP contribution in [0.3, 0.4) is 0 Å². The second kappa shape index (κ2) is 3.86. The predicted octanol–water partition coefficient (Wildman–Crippen LogP) is 0.606. The summed E-state index contributed by atoms with van der Waals surface area (Å²) in [7, 11) is 0. The summed E-state index contributed by atoms with van der Waals surface area (Å²) in [6.07, 6.45) is -1.20. The highest BCUT2D eigenvalue weighted by molar-refractivity contribution is 5.85. The van der Waals surface area contributed by atoms with Gasteiger partial charge in [0.1, 0.15) is 11.9 Å². The van der Waals surface area contributed by atoms with E-state index in [9.17, 15) is 9.50 Å². The third-order valence-corrected chi connectivity index (χ3v) is 1.58. The van der Waals surface area contributed by atoms with Gasteiger partial charge in [0.2, 0.25) is 0 Å². The van der Waals surface area contributed by atoms with Gasteiger partial charge in [-0.2, -0.15) is 0 Å². The van der Waals surface area contributed by atoms with E-state index >= 15 is 0 Å². The molecule has 13 heavy (non-hydrogen) atoms. The lowest BCUT2D eigenvalue weighted by Crippen LogP contribution is -2.21. The zero-order valence-corrected chi connectivity index (χ0v) is 6.68. The van der Waals surface area contributed by atoms with Crippen molar-refractivity contribution < 1.29 is 14.7 Å². The monoisotopic (exact) mass is 184 g/mol. The number of benzene rings is 1. The van der Waals surface area contributed by atoms with Crippen molar-refractivity contribution in [2.45, 2.75) is 6.10 Å². The SMILES string of the molecule is N/C(=N\O)[C@@H](O)c1ccc(F)cc1. The molecule has 0 radical (unpaired) electrons. The zero-order chi connectivity index (χ0) is 9.84. The quantitative estimate of drug-likeness (QED) is 0.272. The number of halogens is 1. The van der Waals surface area contributed by atoms with Gasteiger partial charge in [0.25, 0.3) is 0 Å². The Morgan fingerprint density at radius 2 is 1.92 bits per heavy atom. The second-order valence-electron chi connectivity index (χ2n) is 2.48. The molecule has 5 heteroatoms. The minimum Gasteiger partial charge on any atom is -0.409 e. The highest BCUT2D eigenvalue weighted by atomic mass is 19.1. The van der Waals surface area contributed by atoms with Gasteiger partial charge in [-0.15, -0.1) is 0 Å². The van der Waals surface area contributed by atoms with Crippen molar-refractivity contribution >= 4 is 5.84 Å². The summed E-state index contributed by atoms with van der Waals surface area (Å²) in [6.45, 7) is 0. The Morgan fingerprint density at radius 3 is 2.38 bits per heavy atom. The topological polar surface area (TPSA) is 78.8 Å². The molecular weight excluding hydrogens is 175 g/mol. The molecule has 0 saturated carbocycles. The predicted molar refractivity (Wildman–Crippen MR) is 44.8 cm³/mol. The van der Waals surface area contributed by atoms with Crippen molar-refractivity contribution in [1.82, 2.24) is 0 Å². The Bertz CT molecular complexity index is 310. The number of nitrogens with zero attached hydrogens (tertiary/aromatic N) is 1. The van der Waals surface area contributed by atoms with E-state index in [1.54, 1.807) is 0 Å². The van der Waals surface area contributed by atoms with Crippen molar-refractivity contribution in [2.24, 2.45) is 10.9 Å². The van der Waals surface area contributed by atoms with Crippen LogP contribution in [0.25, 0.3) is 0 Å². The lowest BCUT2D eigenvalue weighted by Gasteiger charge is -2.07. The number of hydrogen-bond donors (Lipinski definition) is 3. The lowest BCUT2D eigenvalue weighted by molar-refractivity contribution is 0.233. The maximum absolute atomic E-state index is 12.4. The molecule has 0 amide bonds. The van der Waals surface area contributed by atoms with E-state index in [0.29, 0.717) is 5.56 Å². The van der Waals surface area contributed by atoms with Gasteiger partial charge in [-0.05, 0) is 17.7 Å².